The van der Waals surface area contributed by atoms with Gasteiger partial charge in [0.1, 0.15) is 6.07 Å². The fourth-order valence-corrected chi connectivity index (χ4v) is 2.73. The lowest BCUT2D eigenvalue weighted by molar-refractivity contribution is 0.560. The van der Waals surface area contributed by atoms with E-state index in [2.05, 4.69) is 27.3 Å². The summed E-state index contributed by atoms with van der Waals surface area (Å²) in [4.78, 5) is 0. The van der Waals surface area contributed by atoms with Crippen LogP contribution in [0.1, 0.15) is 26.3 Å². The third-order valence-corrected chi connectivity index (χ3v) is 5.82. The normalized spacial score (nSPS) is 11.9. The van der Waals surface area contributed by atoms with E-state index < -0.39 is 14.6 Å². The van der Waals surface area contributed by atoms with Gasteiger partial charge in [0.05, 0.1) is 21.8 Å². The van der Waals surface area contributed by atoms with Crippen molar-refractivity contribution in [3.8, 4) is 6.07 Å². The first-order valence-corrected chi connectivity index (χ1v) is 8.28. The Morgan fingerprint density at radius 2 is 2.00 bits per heavy atom. The summed E-state index contributed by atoms with van der Waals surface area (Å²) in [6.45, 7) is 5.33. The van der Waals surface area contributed by atoms with Crippen molar-refractivity contribution >= 4 is 31.5 Å². The predicted molar refractivity (Wildman–Crippen MR) is 80.9 cm³/mol. The molecule has 1 rings (SSSR count). The molecule has 0 amide bonds. The Morgan fingerprint density at radius 3 is 2.53 bits per heavy atom. The van der Waals surface area contributed by atoms with E-state index in [0.29, 0.717) is 11.3 Å². The van der Waals surface area contributed by atoms with Crippen LogP contribution in [0.4, 0.5) is 5.69 Å². The molecule has 1 aromatic rings. The van der Waals surface area contributed by atoms with Gasteiger partial charge in [-0.05, 0) is 39.0 Å². The number of rotatable bonds is 4. The quantitative estimate of drug-likeness (QED) is 0.911. The van der Waals surface area contributed by atoms with E-state index >= 15 is 0 Å². The summed E-state index contributed by atoms with van der Waals surface area (Å²) in [6, 6.07) is 7.29. The van der Waals surface area contributed by atoms with Crippen LogP contribution >= 0.6 is 15.9 Å². The third kappa shape index (κ3) is 4.22. The van der Waals surface area contributed by atoms with Gasteiger partial charge in [-0.25, -0.2) is 8.42 Å². The second-order valence-electron chi connectivity index (χ2n) is 5.16. The lowest BCUT2D eigenvalue weighted by Gasteiger charge is -2.19. The summed E-state index contributed by atoms with van der Waals surface area (Å²) in [6.07, 6.45) is 0. The molecule has 0 atom stereocenters. The van der Waals surface area contributed by atoms with Gasteiger partial charge in [-0.15, -0.1) is 0 Å². The fourth-order valence-electron chi connectivity index (χ4n) is 1.39. The first-order chi connectivity index (χ1) is 8.67. The zero-order chi connectivity index (χ0) is 14.7. The third-order valence-electron chi connectivity index (χ3n) is 2.72. The Morgan fingerprint density at radius 1 is 1.37 bits per heavy atom. The number of benzene rings is 1. The van der Waals surface area contributed by atoms with Crippen LogP contribution in [0.15, 0.2) is 22.7 Å². The molecule has 0 bridgehead atoms. The Labute approximate surface area is 122 Å². The van der Waals surface area contributed by atoms with Gasteiger partial charge in [0.15, 0.2) is 9.84 Å². The molecule has 0 saturated carbocycles. The predicted octanol–water partition coefficient (Wildman–Crippen LogP) is 2.95. The Hall–Kier alpha value is -1.06. The molecule has 0 fully saturated rings. The van der Waals surface area contributed by atoms with Gasteiger partial charge < -0.3 is 5.32 Å². The summed E-state index contributed by atoms with van der Waals surface area (Å²) in [5.74, 6) is 0.0356. The molecule has 0 aromatic heterocycles. The molecule has 1 N–H and O–H groups in total. The van der Waals surface area contributed by atoms with Gasteiger partial charge in [-0.1, -0.05) is 15.9 Å². The summed E-state index contributed by atoms with van der Waals surface area (Å²) in [7, 11) is -3.15. The lowest BCUT2D eigenvalue weighted by atomic mass is 10.2. The molecule has 1 aromatic carbocycles. The number of nitrogens with one attached hydrogen (secondary N) is 1. The van der Waals surface area contributed by atoms with Crippen LogP contribution < -0.4 is 5.32 Å². The van der Waals surface area contributed by atoms with Crippen molar-refractivity contribution in [2.24, 2.45) is 0 Å². The topological polar surface area (TPSA) is 70.0 Å². The van der Waals surface area contributed by atoms with Crippen molar-refractivity contribution in [3.05, 3.63) is 28.2 Å². The Bertz CT molecular complexity index is 598. The molecular weight excluding hydrogens is 328 g/mol. The molecule has 0 aliphatic rings. The van der Waals surface area contributed by atoms with Crippen LogP contribution in [0.5, 0.6) is 0 Å². The van der Waals surface area contributed by atoms with Crippen LogP contribution in [0.3, 0.4) is 0 Å². The highest BCUT2D eigenvalue weighted by molar-refractivity contribution is 9.10. The zero-order valence-corrected chi connectivity index (χ0v) is 13.6. The zero-order valence-electron chi connectivity index (χ0n) is 11.2. The summed E-state index contributed by atoms with van der Waals surface area (Å²) in [5, 5.41) is 12.0. The van der Waals surface area contributed by atoms with E-state index in [1.54, 1.807) is 39.0 Å². The number of nitrogens with zero attached hydrogens (tertiary/aromatic N) is 1. The minimum absolute atomic E-state index is 0.0356. The molecule has 4 nitrogen and oxygen atoms in total. The molecule has 0 heterocycles. The van der Waals surface area contributed by atoms with Crippen LogP contribution in [-0.2, 0) is 9.84 Å². The van der Waals surface area contributed by atoms with E-state index in [-0.39, 0.29) is 12.3 Å². The van der Waals surface area contributed by atoms with Gasteiger partial charge in [-0.3, -0.25) is 0 Å². The average Bonchev–Trinajstić information content (AvgIpc) is 2.27. The monoisotopic (exact) mass is 344 g/mol. The highest BCUT2D eigenvalue weighted by Gasteiger charge is 2.28. The van der Waals surface area contributed by atoms with Crippen molar-refractivity contribution in [2.75, 3.05) is 17.6 Å². The van der Waals surface area contributed by atoms with Crippen LogP contribution in [0.25, 0.3) is 0 Å². The standard InChI is InChI=1S/C13H17BrN2O2S/c1-13(2,3)19(17,18)7-6-16-12-8-11(14)5-4-10(12)9-15/h4-5,8,16H,6-7H2,1-3H3. The molecular formula is C13H17BrN2O2S. The molecule has 0 unspecified atom stereocenters. The highest BCUT2D eigenvalue weighted by Crippen LogP contribution is 2.21. The summed E-state index contributed by atoms with van der Waals surface area (Å²) < 4.78 is 24.0. The average molecular weight is 345 g/mol. The first kappa shape index (κ1) is 16.0. The molecule has 0 spiro atoms. The van der Waals surface area contributed by atoms with Crippen LogP contribution in [-0.4, -0.2) is 25.5 Å². The van der Waals surface area contributed by atoms with E-state index in [4.69, 9.17) is 5.26 Å². The number of hydrogen-bond donors (Lipinski definition) is 1. The minimum Gasteiger partial charge on any atom is -0.383 e. The maximum Gasteiger partial charge on any atom is 0.156 e. The van der Waals surface area contributed by atoms with E-state index in [1.165, 1.54) is 0 Å². The highest BCUT2D eigenvalue weighted by atomic mass is 79.9. The largest absolute Gasteiger partial charge is 0.383 e. The van der Waals surface area contributed by atoms with Crippen molar-refractivity contribution in [1.82, 2.24) is 0 Å². The van der Waals surface area contributed by atoms with Crippen molar-refractivity contribution in [2.45, 2.75) is 25.5 Å². The SMILES string of the molecule is CC(C)(C)S(=O)(=O)CCNc1cc(Br)ccc1C#N. The molecule has 19 heavy (non-hydrogen) atoms. The molecule has 0 aliphatic carbocycles. The van der Waals surface area contributed by atoms with Crippen LogP contribution in [0.2, 0.25) is 0 Å². The fraction of sp³-hybridized carbons (Fsp3) is 0.462. The Kier molecular flexibility index (Phi) is 4.99. The molecule has 0 aliphatic heterocycles. The smallest absolute Gasteiger partial charge is 0.156 e. The van der Waals surface area contributed by atoms with E-state index in [0.717, 1.165) is 4.47 Å². The van der Waals surface area contributed by atoms with Gasteiger partial charge in [-0.2, -0.15) is 5.26 Å². The van der Waals surface area contributed by atoms with Gasteiger partial charge in [0.2, 0.25) is 0 Å². The molecule has 0 saturated heterocycles. The van der Waals surface area contributed by atoms with Crippen molar-refractivity contribution in [3.63, 3.8) is 0 Å². The maximum absolute atomic E-state index is 11.9. The minimum atomic E-state index is -3.15. The van der Waals surface area contributed by atoms with Gasteiger partial charge in [0, 0.05) is 11.0 Å². The second-order valence-corrected chi connectivity index (χ2v) is 8.94. The maximum atomic E-state index is 11.9. The van der Waals surface area contributed by atoms with Gasteiger partial charge >= 0.3 is 0 Å². The number of hydrogen-bond acceptors (Lipinski definition) is 4. The lowest BCUT2D eigenvalue weighted by Crippen LogP contribution is -2.32. The van der Waals surface area contributed by atoms with Gasteiger partial charge in [0.25, 0.3) is 0 Å². The van der Waals surface area contributed by atoms with Crippen molar-refractivity contribution in [1.29, 1.82) is 5.26 Å². The van der Waals surface area contributed by atoms with Crippen LogP contribution in [0, 0.1) is 11.3 Å². The number of halogens is 1. The number of sulfone groups is 1. The molecule has 0 radical (unpaired) electrons. The van der Waals surface area contributed by atoms with Crippen molar-refractivity contribution < 1.29 is 8.42 Å². The van der Waals surface area contributed by atoms with E-state index in [9.17, 15) is 8.42 Å². The summed E-state index contributed by atoms with van der Waals surface area (Å²) >= 11 is 3.32. The second kappa shape index (κ2) is 5.93. The molecule has 104 valence electrons. The summed E-state index contributed by atoms with van der Waals surface area (Å²) in [5.41, 5.74) is 1.14. The first-order valence-electron chi connectivity index (χ1n) is 5.83. The molecule has 6 heteroatoms. The van der Waals surface area contributed by atoms with E-state index in [1.807, 2.05) is 0 Å². The number of anilines is 1. The Balaban J connectivity index is 2.75. The number of nitriles is 1.